The zero-order chi connectivity index (χ0) is 15.5. The molecule has 116 valence electrons. The van der Waals surface area contributed by atoms with Crippen LogP contribution in [0.5, 0.6) is 5.88 Å². The van der Waals surface area contributed by atoms with Gasteiger partial charge in [0.2, 0.25) is 11.8 Å². The molecule has 0 aliphatic rings. The predicted molar refractivity (Wildman–Crippen MR) is 66.9 cm³/mol. The fourth-order valence-corrected chi connectivity index (χ4v) is 1.45. The van der Waals surface area contributed by atoms with Gasteiger partial charge in [0.15, 0.2) is 12.3 Å². The van der Waals surface area contributed by atoms with Crippen LogP contribution in [-0.2, 0) is 0 Å². The molecule has 21 heavy (non-hydrogen) atoms. The maximum atomic E-state index is 12.9. The van der Waals surface area contributed by atoms with E-state index < -0.39 is 19.0 Å². The van der Waals surface area contributed by atoms with Crippen molar-refractivity contribution in [2.45, 2.75) is 25.7 Å². The number of hydrogen-bond acceptors (Lipinski definition) is 5. The van der Waals surface area contributed by atoms with Crippen LogP contribution in [0, 0.1) is 0 Å². The third-order valence-corrected chi connectivity index (χ3v) is 2.51. The molecule has 0 spiro atoms. The van der Waals surface area contributed by atoms with Gasteiger partial charge >= 0.3 is 12.3 Å². The van der Waals surface area contributed by atoms with E-state index in [-0.39, 0.29) is 23.0 Å². The van der Waals surface area contributed by atoms with Gasteiger partial charge in [0.1, 0.15) is 5.52 Å². The smallest absolute Gasteiger partial charge is 0.340 e. The van der Waals surface area contributed by atoms with Crippen molar-refractivity contribution >= 4 is 17.1 Å². The third kappa shape index (κ3) is 3.50. The summed E-state index contributed by atoms with van der Waals surface area (Å²) in [5, 5.41) is 2.84. The Kier molecular flexibility index (Phi) is 4.43. The number of alkyl halides is 4. The Labute approximate surface area is 116 Å². The summed E-state index contributed by atoms with van der Waals surface area (Å²) < 4.78 is 54.8. The van der Waals surface area contributed by atoms with Crippen molar-refractivity contribution in [1.82, 2.24) is 19.9 Å². The minimum absolute atomic E-state index is 0.131. The molecule has 2 N–H and O–H groups in total. The Morgan fingerprint density at radius 3 is 2.81 bits per heavy atom. The largest absolute Gasteiger partial charge is 0.469 e. The number of halogens is 4. The average Bonchev–Trinajstić information content (AvgIpc) is 2.90. The number of anilines is 1. The summed E-state index contributed by atoms with van der Waals surface area (Å²) in [6, 6.07) is 0. The number of aromatic amines is 1. The molecule has 0 aliphatic carbocycles. The predicted octanol–water partition coefficient (Wildman–Crippen LogP) is 2.45. The second kappa shape index (κ2) is 6.10. The Morgan fingerprint density at radius 1 is 1.38 bits per heavy atom. The maximum absolute atomic E-state index is 12.9. The van der Waals surface area contributed by atoms with Gasteiger partial charge in [0, 0.05) is 6.54 Å². The van der Waals surface area contributed by atoms with Crippen LogP contribution in [0.4, 0.5) is 23.5 Å². The third-order valence-electron chi connectivity index (χ3n) is 2.51. The SMILES string of the molecule is CCCNc1nc(OCC(F)(F)C(F)F)c2[nH]cnc2n1. The fourth-order valence-electron chi connectivity index (χ4n) is 1.45. The van der Waals surface area contributed by atoms with E-state index in [0.29, 0.717) is 6.54 Å². The van der Waals surface area contributed by atoms with Crippen molar-refractivity contribution in [3.8, 4) is 5.88 Å². The zero-order valence-electron chi connectivity index (χ0n) is 11.0. The van der Waals surface area contributed by atoms with Gasteiger partial charge < -0.3 is 15.0 Å². The molecule has 10 heteroatoms. The standard InChI is InChI=1S/C11H13F4N5O/c1-2-3-16-10-19-7-6(17-5-18-7)8(20-10)21-4-11(14,15)9(12)13/h5,9H,2-4H2,1H3,(H2,16,17,18,19,20). The minimum atomic E-state index is -4.26. The van der Waals surface area contributed by atoms with Gasteiger partial charge in [-0.15, -0.1) is 0 Å². The molecular weight excluding hydrogens is 294 g/mol. The first-order chi connectivity index (χ1) is 9.94. The molecule has 2 aromatic rings. The molecule has 0 atom stereocenters. The van der Waals surface area contributed by atoms with Crippen LogP contribution in [0.3, 0.4) is 0 Å². The first-order valence-electron chi connectivity index (χ1n) is 6.17. The first kappa shape index (κ1) is 15.3. The number of nitrogens with one attached hydrogen (secondary N) is 2. The Hall–Kier alpha value is -2.13. The number of nitrogens with zero attached hydrogens (tertiary/aromatic N) is 3. The average molecular weight is 307 g/mol. The number of rotatable bonds is 7. The number of hydrogen-bond donors (Lipinski definition) is 2. The number of fused-ring (bicyclic) bond motifs is 1. The number of ether oxygens (including phenoxy) is 1. The molecule has 0 unspecified atom stereocenters. The van der Waals surface area contributed by atoms with Crippen LogP contribution in [0.1, 0.15) is 13.3 Å². The van der Waals surface area contributed by atoms with Crippen LogP contribution in [0.25, 0.3) is 11.2 Å². The molecule has 2 heterocycles. The van der Waals surface area contributed by atoms with Crippen LogP contribution in [0.2, 0.25) is 0 Å². The first-order valence-corrected chi connectivity index (χ1v) is 6.17. The van der Waals surface area contributed by atoms with Gasteiger partial charge in [-0.3, -0.25) is 0 Å². The lowest BCUT2D eigenvalue weighted by Gasteiger charge is -2.16. The molecule has 0 radical (unpaired) electrons. The molecule has 0 aliphatic heterocycles. The quantitative estimate of drug-likeness (QED) is 0.769. The van der Waals surface area contributed by atoms with E-state index in [9.17, 15) is 17.6 Å². The van der Waals surface area contributed by atoms with E-state index in [0.717, 1.165) is 6.42 Å². The fraction of sp³-hybridized carbons (Fsp3) is 0.545. The Bertz CT molecular complexity index is 603. The molecule has 0 aromatic carbocycles. The summed E-state index contributed by atoms with van der Waals surface area (Å²) in [5.74, 6) is -4.38. The van der Waals surface area contributed by atoms with Crippen molar-refractivity contribution in [2.75, 3.05) is 18.5 Å². The van der Waals surface area contributed by atoms with Crippen molar-refractivity contribution < 1.29 is 22.3 Å². The van der Waals surface area contributed by atoms with Crippen LogP contribution in [-0.4, -0.2) is 45.4 Å². The van der Waals surface area contributed by atoms with E-state index in [1.54, 1.807) is 0 Å². The maximum Gasteiger partial charge on any atom is 0.340 e. The van der Waals surface area contributed by atoms with Crippen LogP contribution >= 0.6 is 0 Å². The molecule has 6 nitrogen and oxygen atoms in total. The monoisotopic (exact) mass is 307 g/mol. The highest BCUT2D eigenvalue weighted by Crippen LogP contribution is 2.26. The summed E-state index contributed by atoms with van der Waals surface area (Å²) in [6.07, 6.45) is -1.74. The van der Waals surface area contributed by atoms with Crippen molar-refractivity contribution in [3.63, 3.8) is 0 Å². The Morgan fingerprint density at radius 2 is 2.14 bits per heavy atom. The van der Waals surface area contributed by atoms with Gasteiger partial charge in [-0.05, 0) is 6.42 Å². The second-order valence-electron chi connectivity index (χ2n) is 4.23. The molecular formula is C11H13F4N5O. The van der Waals surface area contributed by atoms with Gasteiger partial charge in [0.25, 0.3) is 0 Å². The van der Waals surface area contributed by atoms with Crippen LogP contribution in [0.15, 0.2) is 6.33 Å². The van der Waals surface area contributed by atoms with E-state index in [4.69, 9.17) is 4.74 Å². The second-order valence-corrected chi connectivity index (χ2v) is 4.23. The number of imidazole rings is 1. The highest BCUT2D eigenvalue weighted by Gasteiger charge is 2.42. The van der Waals surface area contributed by atoms with Gasteiger partial charge in [-0.2, -0.15) is 18.7 Å². The Balaban J connectivity index is 2.22. The van der Waals surface area contributed by atoms with E-state index in [1.807, 2.05) is 6.92 Å². The summed E-state index contributed by atoms with van der Waals surface area (Å²) in [5.41, 5.74) is 0.362. The van der Waals surface area contributed by atoms with E-state index in [2.05, 4.69) is 25.3 Å². The van der Waals surface area contributed by atoms with E-state index in [1.165, 1.54) is 6.33 Å². The summed E-state index contributed by atoms with van der Waals surface area (Å²) in [7, 11) is 0. The summed E-state index contributed by atoms with van der Waals surface area (Å²) in [4.78, 5) is 14.4. The molecule has 0 saturated carbocycles. The number of aromatic nitrogens is 4. The molecule has 0 amide bonds. The lowest BCUT2D eigenvalue weighted by atomic mass is 10.4. The van der Waals surface area contributed by atoms with Gasteiger partial charge in [-0.1, -0.05) is 6.92 Å². The molecule has 2 aromatic heterocycles. The van der Waals surface area contributed by atoms with Crippen molar-refractivity contribution in [1.29, 1.82) is 0 Å². The summed E-state index contributed by atoms with van der Waals surface area (Å²) in [6.45, 7) is 0.992. The van der Waals surface area contributed by atoms with Crippen molar-refractivity contribution in [3.05, 3.63) is 6.33 Å². The highest BCUT2D eigenvalue weighted by molar-refractivity contribution is 5.76. The molecule has 0 fully saturated rings. The topological polar surface area (TPSA) is 75.7 Å². The van der Waals surface area contributed by atoms with E-state index >= 15 is 0 Å². The summed E-state index contributed by atoms with van der Waals surface area (Å²) >= 11 is 0. The number of H-pyrrole nitrogens is 1. The van der Waals surface area contributed by atoms with Crippen LogP contribution < -0.4 is 10.1 Å². The molecule has 0 saturated heterocycles. The lowest BCUT2D eigenvalue weighted by molar-refractivity contribution is -0.148. The van der Waals surface area contributed by atoms with Gasteiger partial charge in [0.05, 0.1) is 6.33 Å². The normalized spacial score (nSPS) is 12.1. The lowest BCUT2D eigenvalue weighted by Crippen LogP contribution is -2.34. The zero-order valence-corrected chi connectivity index (χ0v) is 11.0. The van der Waals surface area contributed by atoms with Gasteiger partial charge in [-0.25, -0.2) is 13.8 Å². The molecule has 2 rings (SSSR count). The highest BCUT2D eigenvalue weighted by atomic mass is 19.3. The minimum Gasteiger partial charge on any atom is -0.469 e. The molecule has 0 bridgehead atoms. The van der Waals surface area contributed by atoms with Crippen molar-refractivity contribution in [2.24, 2.45) is 0 Å².